The number of carbonyl (C=O) groups is 1. The zero-order valence-corrected chi connectivity index (χ0v) is 9.61. The molecule has 0 atom stereocenters. The number of hydrogen-bond acceptors (Lipinski definition) is 5. The van der Waals surface area contributed by atoms with Gasteiger partial charge in [-0.25, -0.2) is 4.98 Å². The average Bonchev–Trinajstić information content (AvgIpc) is 2.25. The first-order valence-corrected chi connectivity index (χ1v) is 5.20. The number of amides is 1. The van der Waals surface area contributed by atoms with Gasteiger partial charge in [0.1, 0.15) is 12.0 Å². The predicted molar refractivity (Wildman–Crippen MR) is 62.8 cm³/mol. The third kappa shape index (κ3) is 4.23. The Hall–Kier alpha value is -1.89. The lowest BCUT2D eigenvalue weighted by Gasteiger charge is -2.05. The van der Waals surface area contributed by atoms with E-state index in [1.807, 2.05) is 0 Å². The van der Waals surface area contributed by atoms with Gasteiger partial charge >= 0.3 is 0 Å². The van der Waals surface area contributed by atoms with Crippen LogP contribution in [0, 0.1) is 10.1 Å². The highest BCUT2D eigenvalue weighted by molar-refractivity contribution is 6.33. The number of nitrogens with two attached hydrogens (primary N) is 1. The Bertz CT molecular complexity index is 438. The number of nitro groups is 1. The van der Waals surface area contributed by atoms with E-state index in [9.17, 15) is 14.9 Å². The number of anilines is 1. The van der Waals surface area contributed by atoms with Crippen LogP contribution < -0.4 is 11.1 Å². The number of hydrogen-bond donors (Lipinski definition) is 2. The predicted octanol–water partition coefficient (Wildman–Crippen LogP) is 1.32. The lowest BCUT2D eigenvalue weighted by molar-refractivity contribution is -0.385. The summed E-state index contributed by atoms with van der Waals surface area (Å²) in [6, 6.07) is 1.21. The van der Waals surface area contributed by atoms with Crippen LogP contribution in [0.5, 0.6) is 0 Å². The zero-order valence-electron chi connectivity index (χ0n) is 8.85. The maximum absolute atomic E-state index is 10.5. The molecule has 0 bridgehead atoms. The number of halogens is 1. The summed E-state index contributed by atoms with van der Waals surface area (Å²) in [4.78, 5) is 24.2. The minimum Gasteiger partial charge on any atom is -0.370 e. The summed E-state index contributed by atoms with van der Waals surface area (Å²) in [5, 5.41) is 13.5. The molecule has 0 saturated heterocycles. The van der Waals surface area contributed by atoms with Gasteiger partial charge in [0.2, 0.25) is 5.91 Å². The molecule has 0 saturated carbocycles. The molecule has 0 radical (unpaired) electrons. The van der Waals surface area contributed by atoms with Crippen molar-refractivity contribution in [2.75, 3.05) is 11.9 Å². The van der Waals surface area contributed by atoms with E-state index in [1.54, 1.807) is 0 Å². The number of primary amides is 1. The van der Waals surface area contributed by atoms with Gasteiger partial charge in [0.25, 0.3) is 5.69 Å². The van der Waals surface area contributed by atoms with Crippen molar-refractivity contribution in [3.63, 3.8) is 0 Å². The first-order valence-electron chi connectivity index (χ1n) is 4.83. The van der Waals surface area contributed by atoms with Gasteiger partial charge in [-0.1, -0.05) is 11.6 Å². The quantitative estimate of drug-likeness (QED) is 0.454. The average molecular weight is 259 g/mol. The third-order valence-corrected chi connectivity index (χ3v) is 2.22. The molecule has 1 aromatic heterocycles. The van der Waals surface area contributed by atoms with Crippen molar-refractivity contribution in [2.45, 2.75) is 12.8 Å². The molecule has 3 N–H and O–H groups in total. The van der Waals surface area contributed by atoms with Gasteiger partial charge in [-0.15, -0.1) is 0 Å². The molecule has 0 spiro atoms. The molecule has 1 rings (SSSR count). The smallest absolute Gasteiger partial charge is 0.289 e. The second-order valence-corrected chi connectivity index (χ2v) is 3.68. The molecule has 0 aliphatic heterocycles. The molecule has 0 aliphatic rings. The largest absolute Gasteiger partial charge is 0.370 e. The summed E-state index contributed by atoms with van der Waals surface area (Å²) in [7, 11) is 0. The third-order valence-electron chi connectivity index (χ3n) is 1.93. The fourth-order valence-electron chi connectivity index (χ4n) is 1.13. The van der Waals surface area contributed by atoms with Crippen molar-refractivity contribution in [3.05, 3.63) is 27.4 Å². The fraction of sp³-hybridized carbons (Fsp3) is 0.333. The van der Waals surface area contributed by atoms with Crippen LogP contribution in [-0.4, -0.2) is 22.4 Å². The van der Waals surface area contributed by atoms with Gasteiger partial charge in [0, 0.05) is 19.0 Å². The Kier molecular flexibility index (Phi) is 4.65. The molecular formula is C9H11ClN4O3. The van der Waals surface area contributed by atoms with E-state index >= 15 is 0 Å². The molecule has 1 amide bonds. The van der Waals surface area contributed by atoms with Gasteiger partial charge in [-0.05, 0) is 6.42 Å². The fourth-order valence-corrected chi connectivity index (χ4v) is 1.35. The van der Waals surface area contributed by atoms with Crippen molar-refractivity contribution in [1.29, 1.82) is 0 Å². The van der Waals surface area contributed by atoms with Crippen LogP contribution in [0.3, 0.4) is 0 Å². The first-order chi connectivity index (χ1) is 8.00. The van der Waals surface area contributed by atoms with Gasteiger partial charge in [0.15, 0.2) is 0 Å². The maximum atomic E-state index is 10.5. The Morgan fingerprint density at radius 3 is 2.88 bits per heavy atom. The number of rotatable bonds is 6. The molecule has 0 aromatic carbocycles. The van der Waals surface area contributed by atoms with Crippen molar-refractivity contribution in [3.8, 4) is 0 Å². The minimum atomic E-state index is -0.574. The van der Waals surface area contributed by atoms with E-state index in [4.69, 9.17) is 17.3 Å². The van der Waals surface area contributed by atoms with E-state index in [2.05, 4.69) is 10.3 Å². The molecule has 1 aromatic rings. The SMILES string of the molecule is NC(=O)CCCNc1ncc([N+](=O)[O-])cc1Cl. The van der Waals surface area contributed by atoms with Crippen LogP contribution in [0.25, 0.3) is 0 Å². The summed E-state index contributed by atoms with van der Waals surface area (Å²) >= 11 is 5.79. The van der Waals surface area contributed by atoms with Crippen molar-refractivity contribution >= 4 is 29.0 Å². The van der Waals surface area contributed by atoms with Gasteiger partial charge in [0.05, 0.1) is 9.95 Å². The lowest BCUT2D eigenvalue weighted by atomic mass is 10.3. The number of aromatic nitrogens is 1. The first kappa shape index (κ1) is 13.2. The van der Waals surface area contributed by atoms with Crippen LogP contribution in [0.2, 0.25) is 5.02 Å². The van der Waals surface area contributed by atoms with Crippen molar-refractivity contribution in [1.82, 2.24) is 4.98 Å². The van der Waals surface area contributed by atoms with Crippen LogP contribution >= 0.6 is 11.6 Å². The monoisotopic (exact) mass is 258 g/mol. The Morgan fingerprint density at radius 2 is 2.35 bits per heavy atom. The molecule has 1 heterocycles. The molecule has 0 aliphatic carbocycles. The van der Waals surface area contributed by atoms with Crippen LogP contribution in [0.4, 0.5) is 11.5 Å². The highest BCUT2D eigenvalue weighted by Crippen LogP contribution is 2.23. The lowest BCUT2D eigenvalue weighted by Crippen LogP contribution is -2.13. The summed E-state index contributed by atoms with van der Waals surface area (Å²) in [5.41, 5.74) is 4.80. The van der Waals surface area contributed by atoms with Gasteiger partial charge in [-0.3, -0.25) is 14.9 Å². The molecule has 0 fully saturated rings. The molecule has 92 valence electrons. The van der Waals surface area contributed by atoms with Crippen LogP contribution in [-0.2, 0) is 4.79 Å². The van der Waals surface area contributed by atoms with E-state index in [-0.39, 0.29) is 23.0 Å². The molecular weight excluding hydrogens is 248 g/mol. The Morgan fingerprint density at radius 1 is 1.65 bits per heavy atom. The van der Waals surface area contributed by atoms with Gasteiger partial charge in [-0.2, -0.15) is 0 Å². The molecule has 0 unspecified atom stereocenters. The van der Waals surface area contributed by atoms with Crippen LogP contribution in [0.1, 0.15) is 12.8 Å². The topological polar surface area (TPSA) is 111 Å². The molecule has 17 heavy (non-hydrogen) atoms. The highest BCUT2D eigenvalue weighted by atomic mass is 35.5. The molecule has 8 heteroatoms. The number of nitrogens with one attached hydrogen (secondary N) is 1. The summed E-state index contributed by atoms with van der Waals surface area (Å²) in [6.45, 7) is 0.466. The summed E-state index contributed by atoms with van der Waals surface area (Å²) in [6.07, 6.45) is 1.92. The van der Waals surface area contributed by atoms with Crippen molar-refractivity contribution in [2.24, 2.45) is 5.73 Å². The van der Waals surface area contributed by atoms with Crippen LogP contribution in [0.15, 0.2) is 12.3 Å². The summed E-state index contributed by atoms with van der Waals surface area (Å²) in [5.74, 6) is -0.0312. The number of pyridine rings is 1. The normalized spacial score (nSPS) is 9.94. The standard InChI is InChI=1S/C9H11ClN4O3/c10-7-4-6(14(16)17)5-13-9(7)12-3-1-2-8(11)15/h4-5H,1-3H2,(H2,11,15)(H,12,13). The highest BCUT2D eigenvalue weighted by Gasteiger charge is 2.10. The van der Waals surface area contributed by atoms with E-state index < -0.39 is 4.92 Å². The Balaban J connectivity index is 2.54. The van der Waals surface area contributed by atoms with E-state index in [0.29, 0.717) is 18.8 Å². The second kappa shape index (κ2) is 6.00. The maximum Gasteiger partial charge on any atom is 0.289 e. The molecule has 7 nitrogen and oxygen atoms in total. The second-order valence-electron chi connectivity index (χ2n) is 3.28. The Labute approximate surface area is 102 Å². The van der Waals surface area contributed by atoms with Crippen molar-refractivity contribution < 1.29 is 9.72 Å². The van der Waals surface area contributed by atoms with Gasteiger partial charge < -0.3 is 11.1 Å². The summed E-state index contributed by atoms with van der Waals surface area (Å²) < 4.78 is 0. The number of nitrogens with zero attached hydrogens (tertiary/aromatic N) is 2. The minimum absolute atomic E-state index is 0.165. The van der Waals surface area contributed by atoms with E-state index in [0.717, 1.165) is 6.20 Å². The van der Waals surface area contributed by atoms with E-state index in [1.165, 1.54) is 6.07 Å². The number of carbonyl (C=O) groups excluding carboxylic acids is 1. The zero-order chi connectivity index (χ0) is 12.8.